The number of allylic oxidation sites excluding steroid dienone is 1. The lowest BCUT2D eigenvalue weighted by Crippen LogP contribution is -2.56. The van der Waals surface area contributed by atoms with Crippen molar-refractivity contribution in [2.24, 2.45) is 11.8 Å². The summed E-state index contributed by atoms with van der Waals surface area (Å²) in [6, 6.07) is 0. The van der Waals surface area contributed by atoms with Crippen LogP contribution >= 0.6 is 0 Å². The van der Waals surface area contributed by atoms with Crippen LogP contribution in [-0.2, 0) is 18.9 Å². The first-order valence-corrected chi connectivity index (χ1v) is 10.5. The molecule has 4 aliphatic rings. The van der Waals surface area contributed by atoms with Crippen LogP contribution in [-0.4, -0.2) is 78.5 Å². The molecule has 3 aliphatic heterocycles. The van der Waals surface area contributed by atoms with Gasteiger partial charge in [-0.3, -0.25) is 0 Å². The molecule has 7 atom stereocenters. The number of hydrogen-bond donors (Lipinski definition) is 1. The Hall–Kier alpha value is -1.15. The maximum Gasteiger partial charge on any atom is 0.410 e. The normalized spacial score (nSPS) is 45.2. The molecule has 3 unspecified atom stereocenters. The highest BCUT2D eigenvalue weighted by atomic mass is 16.6. The van der Waals surface area contributed by atoms with Crippen molar-refractivity contribution in [1.29, 1.82) is 0 Å². The molecule has 1 amide bonds. The van der Waals surface area contributed by atoms with E-state index in [1.807, 2.05) is 0 Å². The van der Waals surface area contributed by atoms with Crippen molar-refractivity contribution < 1.29 is 28.8 Å². The van der Waals surface area contributed by atoms with Gasteiger partial charge in [-0.05, 0) is 32.1 Å². The predicted octanol–water partition coefficient (Wildman–Crippen LogP) is 2.12. The molecule has 1 aliphatic carbocycles. The number of β-amino-alcohol motifs (C(OH)–C–C–N with tert-alkyl or cyclic N) is 1. The first-order chi connectivity index (χ1) is 13.3. The van der Waals surface area contributed by atoms with Crippen LogP contribution in [0.15, 0.2) is 12.2 Å². The highest BCUT2D eigenvalue weighted by Crippen LogP contribution is 2.59. The fourth-order valence-electron chi connectivity index (χ4n) is 5.05. The number of nitrogens with zero attached hydrogens (tertiary/aromatic N) is 1. The number of carbonyl (C=O) groups excluding carboxylic acids is 1. The van der Waals surface area contributed by atoms with Crippen molar-refractivity contribution in [3.8, 4) is 0 Å². The van der Waals surface area contributed by atoms with E-state index in [1.54, 1.807) is 12.0 Å². The maximum absolute atomic E-state index is 12.6. The average molecular weight is 395 g/mol. The number of rotatable bonds is 5. The topological polar surface area (TPSA) is 84.1 Å². The summed E-state index contributed by atoms with van der Waals surface area (Å²) in [4.78, 5) is 14.2. The van der Waals surface area contributed by atoms with Gasteiger partial charge in [0.25, 0.3) is 0 Å². The van der Waals surface area contributed by atoms with E-state index in [4.69, 9.17) is 18.9 Å². The summed E-state index contributed by atoms with van der Waals surface area (Å²) in [5.41, 5.74) is -0.611. The number of amides is 1. The SMILES string of the molecule is CO[C@H]1C(C2(C)O[C@@H]2/C=C/C(C)C)[C@]2(CC[C@H]1OC(=O)N1CCC(O)C1)CO2. The summed E-state index contributed by atoms with van der Waals surface area (Å²) in [7, 11) is 1.67. The highest BCUT2D eigenvalue weighted by molar-refractivity contribution is 5.68. The molecule has 4 rings (SSSR count). The number of carbonyl (C=O) groups is 1. The number of methoxy groups -OCH3 is 1. The molecule has 0 aromatic rings. The fourth-order valence-corrected chi connectivity index (χ4v) is 5.05. The van der Waals surface area contributed by atoms with Crippen LogP contribution in [0.25, 0.3) is 0 Å². The van der Waals surface area contributed by atoms with Crippen molar-refractivity contribution in [3.63, 3.8) is 0 Å². The standard InChI is InChI=1S/C21H33NO6/c1-13(2)5-6-16-20(3,28-16)18-17(25-4)15(7-9-21(18)12-26-21)27-19(24)22-10-8-14(23)11-22/h5-6,13-18,23H,7-12H2,1-4H3/b6-5+/t14?,15-,16-,17-,18?,20?,21+/m1/s1. The third kappa shape index (κ3) is 3.58. The van der Waals surface area contributed by atoms with Gasteiger partial charge >= 0.3 is 6.09 Å². The monoisotopic (exact) mass is 395 g/mol. The molecule has 7 nitrogen and oxygen atoms in total. The molecule has 158 valence electrons. The average Bonchev–Trinajstić information content (AvgIpc) is 3.51. The summed E-state index contributed by atoms with van der Waals surface area (Å²) in [6.45, 7) is 7.97. The van der Waals surface area contributed by atoms with E-state index in [0.717, 1.165) is 6.42 Å². The Bertz CT molecular complexity index is 632. The zero-order chi connectivity index (χ0) is 20.1. The summed E-state index contributed by atoms with van der Waals surface area (Å²) in [5, 5.41) is 9.69. The molecule has 1 saturated carbocycles. The zero-order valence-corrected chi connectivity index (χ0v) is 17.3. The van der Waals surface area contributed by atoms with E-state index >= 15 is 0 Å². The lowest BCUT2D eigenvalue weighted by Gasteiger charge is -2.42. The minimum absolute atomic E-state index is 0.00234. The molecule has 3 saturated heterocycles. The first kappa shape index (κ1) is 20.1. The van der Waals surface area contributed by atoms with Gasteiger partial charge in [-0.1, -0.05) is 26.0 Å². The number of ether oxygens (including phenoxy) is 4. The minimum atomic E-state index is -0.458. The molecule has 7 heteroatoms. The molecule has 0 aromatic carbocycles. The van der Waals surface area contributed by atoms with E-state index < -0.39 is 6.10 Å². The van der Waals surface area contributed by atoms with Gasteiger partial charge in [0.1, 0.15) is 29.5 Å². The van der Waals surface area contributed by atoms with E-state index in [2.05, 4.69) is 32.9 Å². The maximum atomic E-state index is 12.6. The Kier molecular flexibility index (Phi) is 5.23. The molecule has 0 aromatic heterocycles. The van der Waals surface area contributed by atoms with Crippen LogP contribution in [0.2, 0.25) is 0 Å². The molecular weight excluding hydrogens is 362 g/mol. The summed E-state index contributed by atoms with van der Waals surface area (Å²) in [6.07, 6.45) is 5.02. The second-order valence-electron chi connectivity index (χ2n) is 9.23. The van der Waals surface area contributed by atoms with Gasteiger partial charge in [-0.2, -0.15) is 0 Å². The number of hydrogen-bond acceptors (Lipinski definition) is 6. The van der Waals surface area contributed by atoms with Gasteiger partial charge in [0.05, 0.1) is 18.6 Å². The van der Waals surface area contributed by atoms with Gasteiger partial charge in [0.15, 0.2) is 0 Å². The molecule has 28 heavy (non-hydrogen) atoms. The van der Waals surface area contributed by atoms with E-state index in [-0.39, 0.29) is 41.5 Å². The molecule has 3 heterocycles. The van der Waals surface area contributed by atoms with E-state index in [9.17, 15) is 9.90 Å². The number of aliphatic hydroxyl groups excluding tert-OH is 1. The van der Waals surface area contributed by atoms with Crippen molar-refractivity contribution >= 4 is 6.09 Å². The third-order valence-electron chi connectivity index (χ3n) is 6.75. The zero-order valence-electron chi connectivity index (χ0n) is 17.3. The van der Waals surface area contributed by atoms with Crippen LogP contribution in [0.3, 0.4) is 0 Å². The van der Waals surface area contributed by atoms with Crippen molar-refractivity contribution in [2.45, 2.75) is 75.7 Å². The summed E-state index contributed by atoms with van der Waals surface area (Å²) >= 11 is 0. The van der Waals surface area contributed by atoms with Crippen molar-refractivity contribution in [1.82, 2.24) is 4.90 Å². The Labute approximate surface area is 166 Å². The quantitative estimate of drug-likeness (QED) is 0.567. The number of aliphatic hydroxyl groups is 1. The third-order valence-corrected chi connectivity index (χ3v) is 6.75. The Morgan fingerprint density at radius 3 is 2.68 bits per heavy atom. The van der Waals surface area contributed by atoms with Crippen LogP contribution in [0.4, 0.5) is 4.79 Å². The van der Waals surface area contributed by atoms with Crippen molar-refractivity contribution in [3.05, 3.63) is 12.2 Å². The van der Waals surface area contributed by atoms with Gasteiger partial charge in [0, 0.05) is 20.2 Å². The van der Waals surface area contributed by atoms with Crippen LogP contribution < -0.4 is 0 Å². The highest BCUT2D eigenvalue weighted by Gasteiger charge is 2.72. The lowest BCUT2D eigenvalue weighted by atomic mass is 9.68. The first-order valence-electron chi connectivity index (χ1n) is 10.5. The Balaban J connectivity index is 1.48. The smallest absolute Gasteiger partial charge is 0.410 e. The van der Waals surface area contributed by atoms with Gasteiger partial charge in [-0.25, -0.2) is 4.79 Å². The summed E-state index contributed by atoms with van der Waals surface area (Å²) in [5.74, 6) is 0.469. The molecular formula is C21H33NO6. The summed E-state index contributed by atoms with van der Waals surface area (Å²) < 4.78 is 23.8. The molecule has 1 spiro atoms. The van der Waals surface area contributed by atoms with Gasteiger partial charge in [-0.15, -0.1) is 0 Å². The molecule has 1 N–H and O–H groups in total. The van der Waals surface area contributed by atoms with Crippen LogP contribution in [0, 0.1) is 11.8 Å². The van der Waals surface area contributed by atoms with Crippen molar-refractivity contribution in [2.75, 3.05) is 26.8 Å². The number of likely N-dealkylation sites (tertiary alicyclic amines) is 1. The van der Waals surface area contributed by atoms with Gasteiger partial charge < -0.3 is 29.0 Å². The second-order valence-corrected chi connectivity index (χ2v) is 9.23. The fraction of sp³-hybridized carbons (Fsp3) is 0.857. The molecule has 0 radical (unpaired) electrons. The number of epoxide rings is 2. The van der Waals surface area contributed by atoms with Gasteiger partial charge in [0.2, 0.25) is 0 Å². The van der Waals surface area contributed by atoms with Crippen LogP contribution in [0.1, 0.15) is 40.0 Å². The Morgan fingerprint density at radius 1 is 1.36 bits per heavy atom. The second kappa shape index (κ2) is 7.27. The molecule has 4 fully saturated rings. The van der Waals surface area contributed by atoms with Crippen LogP contribution in [0.5, 0.6) is 0 Å². The molecule has 0 bridgehead atoms. The largest absolute Gasteiger partial charge is 0.443 e. The van der Waals surface area contributed by atoms with E-state index in [0.29, 0.717) is 38.5 Å². The Morgan fingerprint density at radius 2 is 2.11 bits per heavy atom. The van der Waals surface area contributed by atoms with E-state index in [1.165, 1.54) is 0 Å². The lowest BCUT2D eigenvalue weighted by molar-refractivity contribution is -0.121. The minimum Gasteiger partial charge on any atom is -0.443 e. The predicted molar refractivity (Wildman–Crippen MR) is 102 cm³/mol.